The van der Waals surface area contributed by atoms with Crippen molar-refractivity contribution in [1.82, 2.24) is 15.8 Å². The molecule has 1 unspecified atom stereocenters. The van der Waals surface area contributed by atoms with E-state index in [-0.39, 0.29) is 11.9 Å². The van der Waals surface area contributed by atoms with Crippen LogP contribution >= 0.6 is 0 Å². The van der Waals surface area contributed by atoms with Gasteiger partial charge in [-0.15, -0.1) is 0 Å². The van der Waals surface area contributed by atoms with Crippen LogP contribution in [-0.4, -0.2) is 37.4 Å². The normalized spacial score (nSPS) is 12.4. The zero-order valence-corrected chi connectivity index (χ0v) is 9.53. The van der Waals surface area contributed by atoms with Crippen LogP contribution in [0.4, 0.5) is 0 Å². The number of nitrogens with one attached hydrogen (secondary N) is 2. The van der Waals surface area contributed by atoms with Crippen molar-refractivity contribution < 1.29 is 14.1 Å². The van der Waals surface area contributed by atoms with Crippen LogP contribution in [0.2, 0.25) is 0 Å². The Labute approximate surface area is 94.3 Å². The minimum atomic E-state index is -0.276. The van der Waals surface area contributed by atoms with E-state index in [1.54, 1.807) is 26.3 Å². The molecule has 1 amide bonds. The Morgan fingerprint density at radius 2 is 2.50 bits per heavy atom. The Bertz CT molecular complexity index is 300. The van der Waals surface area contributed by atoms with Gasteiger partial charge >= 0.3 is 0 Å². The average Bonchev–Trinajstić information content (AvgIpc) is 2.79. The molecule has 6 heteroatoms. The molecule has 1 rings (SSSR count). The maximum atomic E-state index is 11.5. The van der Waals surface area contributed by atoms with E-state index in [0.29, 0.717) is 25.5 Å². The molecule has 0 aliphatic rings. The molecular formula is C10H17N3O3. The highest BCUT2D eigenvalue weighted by Crippen LogP contribution is 1.96. The molecular weight excluding hydrogens is 210 g/mol. The molecule has 0 aliphatic heterocycles. The second kappa shape index (κ2) is 6.97. The molecule has 1 atom stereocenters. The van der Waals surface area contributed by atoms with Crippen LogP contribution in [0.15, 0.2) is 16.8 Å². The van der Waals surface area contributed by atoms with Gasteiger partial charge in [-0.3, -0.25) is 10.1 Å². The molecule has 0 saturated carbocycles. The number of nitrogens with zero attached hydrogens (tertiary/aromatic N) is 1. The first kappa shape index (κ1) is 12.7. The summed E-state index contributed by atoms with van der Waals surface area (Å²) in [6.07, 6.45) is 1.57. The van der Waals surface area contributed by atoms with Crippen molar-refractivity contribution >= 4 is 5.91 Å². The number of carbonyl (C=O) groups excluding carboxylic acids is 1. The quantitative estimate of drug-likeness (QED) is 0.637. The van der Waals surface area contributed by atoms with Gasteiger partial charge in [0.25, 0.3) is 0 Å². The highest BCUT2D eigenvalue weighted by atomic mass is 16.5. The first-order valence-electron chi connectivity index (χ1n) is 5.13. The lowest BCUT2D eigenvalue weighted by Gasteiger charge is -2.12. The van der Waals surface area contributed by atoms with E-state index >= 15 is 0 Å². The fourth-order valence-corrected chi connectivity index (χ4v) is 1.11. The molecule has 0 fully saturated rings. The van der Waals surface area contributed by atoms with Gasteiger partial charge in [-0.2, -0.15) is 0 Å². The predicted octanol–water partition coefficient (Wildman–Crippen LogP) is -0.0847. The van der Waals surface area contributed by atoms with E-state index in [1.165, 1.54) is 0 Å². The molecule has 0 radical (unpaired) electrons. The zero-order valence-electron chi connectivity index (χ0n) is 9.53. The number of ether oxygens (including phenoxy) is 1. The molecule has 6 nitrogen and oxygen atoms in total. The van der Waals surface area contributed by atoms with Crippen molar-refractivity contribution in [3.8, 4) is 0 Å². The van der Waals surface area contributed by atoms with Gasteiger partial charge in [0.1, 0.15) is 5.76 Å². The number of aromatic nitrogens is 1. The van der Waals surface area contributed by atoms with E-state index in [4.69, 9.17) is 9.26 Å². The molecule has 0 bridgehead atoms. The van der Waals surface area contributed by atoms with Gasteiger partial charge in [0.2, 0.25) is 5.91 Å². The van der Waals surface area contributed by atoms with Crippen LogP contribution in [0, 0.1) is 0 Å². The highest BCUT2D eigenvalue weighted by Gasteiger charge is 2.11. The van der Waals surface area contributed by atoms with Gasteiger partial charge in [0, 0.05) is 19.7 Å². The molecule has 16 heavy (non-hydrogen) atoms. The minimum absolute atomic E-state index is 0.0587. The summed E-state index contributed by atoms with van der Waals surface area (Å²) in [6, 6.07) is 1.48. The summed E-state index contributed by atoms with van der Waals surface area (Å²) in [4.78, 5) is 11.5. The van der Waals surface area contributed by atoms with Gasteiger partial charge in [-0.1, -0.05) is 5.16 Å². The maximum Gasteiger partial charge on any atom is 0.236 e. The topological polar surface area (TPSA) is 76.4 Å². The molecule has 1 aromatic heterocycles. The first-order chi connectivity index (χ1) is 7.74. The first-order valence-corrected chi connectivity index (χ1v) is 5.13. The molecule has 1 aromatic rings. The molecule has 0 aliphatic carbocycles. The van der Waals surface area contributed by atoms with Gasteiger partial charge in [0.15, 0.2) is 0 Å². The lowest BCUT2D eigenvalue weighted by molar-refractivity contribution is -0.123. The number of hydrogen-bond acceptors (Lipinski definition) is 5. The molecule has 0 spiro atoms. The molecule has 0 saturated heterocycles. The van der Waals surface area contributed by atoms with Gasteiger partial charge in [0.05, 0.1) is 25.4 Å². The fourth-order valence-electron chi connectivity index (χ4n) is 1.11. The number of amides is 1. The van der Waals surface area contributed by atoms with E-state index in [1.807, 2.05) is 0 Å². The van der Waals surface area contributed by atoms with Crippen molar-refractivity contribution in [3.63, 3.8) is 0 Å². The Kier molecular flexibility index (Phi) is 5.52. The number of methoxy groups -OCH3 is 1. The standard InChI is InChI=1S/C10H17N3O3/c1-8(10(14)11-5-6-15-2)12-7-9-3-4-13-16-9/h3-4,8,12H,5-7H2,1-2H3,(H,11,14). The van der Waals surface area contributed by atoms with Crippen LogP contribution in [0.5, 0.6) is 0 Å². The Balaban J connectivity index is 2.18. The van der Waals surface area contributed by atoms with Crippen molar-refractivity contribution in [3.05, 3.63) is 18.0 Å². The van der Waals surface area contributed by atoms with Gasteiger partial charge in [-0.05, 0) is 6.92 Å². The van der Waals surface area contributed by atoms with E-state index in [0.717, 1.165) is 0 Å². The fraction of sp³-hybridized carbons (Fsp3) is 0.600. The Morgan fingerprint density at radius 3 is 3.12 bits per heavy atom. The second-order valence-electron chi connectivity index (χ2n) is 3.37. The van der Waals surface area contributed by atoms with Crippen LogP contribution in [0.1, 0.15) is 12.7 Å². The van der Waals surface area contributed by atoms with Crippen LogP contribution < -0.4 is 10.6 Å². The molecule has 1 heterocycles. The third-order valence-electron chi connectivity index (χ3n) is 2.07. The summed E-state index contributed by atoms with van der Waals surface area (Å²) in [5.74, 6) is 0.646. The average molecular weight is 227 g/mol. The summed E-state index contributed by atoms with van der Waals surface area (Å²) in [5, 5.41) is 9.34. The molecule has 0 aromatic carbocycles. The third kappa shape index (κ3) is 4.41. The molecule has 90 valence electrons. The summed E-state index contributed by atoms with van der Waals surface area (Å²) >= 11 is 0. The van der Waals surface area contributed by atoms with Crippen molar-refractivity contribution in [2.75, 3.05) is 20.3 Å². The number of rotatable bonds is 7. The number of hydrogen-bond donors (Lipinski definition) is 2. The van der Waals surface area contributed by atoms with E-state index in [9.17, 15) is 4.79 Å². The molecule has 2 N–H and O–H groups in total. The van der Waals surface area contributed by atoms with E-state index in [2.05, 4.69) is 15.8 Å². The lowest BCUT2D eigenvalue weighted by atomic mass is 10.3. The highest BCUT2D eigenvalue weighted by molar-refractivity contribution is 5.81. The minimum Gasteiger partial charge on any atom is -0.383 e. The maximum absolute atomic E-state index is 11.5. The monoisotopic (exact) mass is 227 g/mol. The number of carbonyl (C=O) groups is 1. The smallest absolute Gasteiger partial charge is 0.236 e. The van der Waals surface area contributed by atoms with Crippen LogP contribution in [-0.2, 0) is 16.1 Å². The van der Waals surface area contributed by atoms with Crippen molar-refractivity contribution in [1.29, 1.82) is 0 Å². The lowest BCUT2D eigenvalue weighted by Crippen LogP contribution is -2.42. The zero-order chi connectivity index (χ0) is 11.8. The largest absolute Gasteiger partial charge is 0.383 e. The Hall–Kier alpha value is -1.40. The summed E-state index contributed by atoms with van der Waals surface area (Å²) < 4.78 is 9.73. The van der Waals surface area contributed by atoms with Crippen molar-refractivity contribution in [2.45, 2.75) is 19.5 Å². The summed E-state index contributed by atoms with van der Waals surface area (Å²) in [6.45, 7) is 3.31. The van der Waals surface area contributed by atoms with Crippen LogP contribution in [0.3, 0.4) is 0 Å². The van der Waals surface area contributed by atoms with Crippen LogP contribution in [0.25, 0.3) is 0 Å². The van der Waals surface area contributed by atoms with Gasteiger partial charge < -0.3 is 14.6 Å². The van der Waals surface area contributed by atoms with Gasteiger partial charge in [-0.25, -0.2) is 0 Å². The third-order valence-corrected chi connectivity index (χ3v) is 2.07. The SMILES string of the molecule is COCCNC(=O)C(C)NCc1ccno1. The summed E-state index contributed by atoms with van der Waals surface area (Å²) in [7, 11) is 1.59. The second-order valence-corrected chi connectivity index (χ2v) is 3.37. The van der Waals surface area contributed by atoms with Crippen molar-refractivity contribution in [2.24, 2.45) is 0 Å². The predicted molar refractivity (Wildman–Crippen MR) is 57.7 cm³/mol. The summed E-state index contributed by atoms with van der Waals surface area (Å²) in [5.41, 5.74) is 0. The Morgan fingerprint density at radius 1 is 1.69 bits per heavy atom. The van der Waals surface area contributed by atoms with E-state index < -0.39 is 0 Å².